The summed E-state index contributed by atoms with van der Waals surface area (Å²) in [6.45, 7) is 1.67. The number of nitrogens with zero attached hydrogens (tertiary/aromatic N) is 2. The monoisotopic (exact) mass is 407 g/mol. The van der Waals surface area contributed by atoms with E-state index in [2.05, 4.69) is 10.3 Å². The standard InChI is InChI=1S/C20H20F3N3O3/c1-19(2,11-27)25-18(28)15-10-26-9-5-7-14(17(26)24-15)13-6-3-4-8-16(13)29-12-20(21,22)23/h3-10,27H,11-12H2,1-2H3,(H,25,28). The summed E-state index contributed by atoms with van der Waals surface area (Å²) in [6, 6.07) is 9.73. The van der Waals surface area contributed by atoms with Crippen molar-refractivity contribution in [1.82, 2.24) is 14.7 Å². The molecule has 0 atom stereocenters. The maximum atomic E-state index is 12.6. The number of carbonyl (C=O) groups is 1. The number of para-hydroxylation sites is 1. The van der Waals surface area contributed by atoms with Gasteiger partial charge in [0.2, 0.25) is 0 Å². The number of aromatic nitrogens is 2. The van der Waals surface area contributed by atoms with Gasteiger partial charge in [0.15, 0.2) is 6.61 Å². The van der Waals surface area contributed by atoms with Gasteiger partial charge < -0.3 is 19.6 Å². The highest BCUT2D eigenvalue weighted by atomic mass is 19.4. The number of aliphatic hydroxyl groups excluding tert-OH is 1. The van der Waals surface area contributed by atoms with E-state index in [1.54, 1.807) is 54.8 Å². The molecule has 0 aliphatic heterocycles. The zero-order valence-corrected chi connectivity index (χ0v) is 15.8. The number of nitrogens with one attached hydrogen (secondary N) is 1. The molecule has 2 heterocycles. The lowest BCUT2D eigenvalue weighted by atomic mass is 10.1. The second-order valence-corrected chi connectivity index (χ2v) is 7.18. The van der Waals surface area contributed by atoms with Crippen LogP contribution >= 0.6 is 0 Å². The van der Waals surface area contributed by atoms with E-state index in [0.29, 0.717) is 16.8 Å². The number of ether oxygens (including phenoxy) is 1. The number of hydrogen-bond donors (Lipinski definition) is 2. The van der Waals surface area contributed by atoms with Crippen molar-refractivity contribution in [2.24, 2.45) is 0 Å². The Balaban J connectivity index is 2.00. The molecule has 29 heavy (non-hydrogen) atoms. The van der Waals surface area contributed by atoms with Crippen molar-refractivity contribution in [1.29, 1.82) is 0 Å². The molecule has 2 N–H and O–H groups in total. The summed E-state index contributed by atoms with van der Waals surface area (Å²) in [7, 11) is 0. The van der Waals surface area contributed by atoms with Crippen LogP contribution in [0.25, 0.3) is 16.8 Å². The maximum Gasteiger partial charge on any atom is 0.422 e. The third-order valence-corrected chi connectivity index (χ3v) is 4.13. The molecule has 0 saturated carbocycles. The molecule has 1 amide bonds. The van der Waals surface area contributed by atoms with E-state index < -0.39 is 24.2 Å². The molecule has 0 unspecified atom stereocenters. The molecule has 1 aromatic carbocycles. The fourth-order valence-electron chi connectivity index (χ4n) is 2.72. The van der Waals surface area contributed by atoms with E-state index in [1.165, 1.54) is 12.3 Å². The van der Waals surface area contributed by atoms with Gasteiger partial charge in [-0.2, -0.15) is 13.2 Å². The molecule has 154 valence electrons. The predicted molar refractivity (Wildman–Crippen MR) is 101 cm³/mol. The summed E-state index contributed by atoms with van der Waals surface area (Å²) >= 11 is 0. The van der Waals surface area contributed by atoms with E-state index in [-0.39, 0.29) is 18.1 Å². The number of pyridine rings is 1. The number of benzene rings is 1. The second-order valence-electron chi connectivity index (χ2n) is 7.18. The number of hydrogen-bond acceptors (Lipinski definition) is 4. The van der Waals surface area contributed by atoms with Gasteiger partial charge in [-0.15, -0.1) is 0 Å². The first-order chi connectivity index (χ1) is 13.6. The summed E-state index contributed by atoms with van der Waals surface area (Å²) in [5.74, 6) is -0.409. The molecule has 9 heteroatoms. The highest BCUT2D eigenvalue weighted by Gasteiger charge is 2.29. The Morgan fingerprint density at radius 2 is 1.86 bits per heavy atom. The van der Waals surface area contributed by atoms with Gasteiger partial charge in [-0.1, -0.05) is 18.2 Å². The molecule has 0 aliphatic rings. The number of aliphatic hydroxyl groups is 1. The maximum absolute atomic E-state index is 12.6. The summed E-state index contributed by atoms with van der Waals surface area (Å²) < 4.78 is 44.3. The number of amides is 1. The lowest BCUT2D eigenvalue weighted by Gasteiger charge is -2.22. The van der Waals surface area contributed by atoms with Crippen molar-refractivity contribution in [3.63, 3.8) is 0 Å². The van der Waals surface area contributed by atoms with E-state index in [1.807, 2.05) is 0 Å². The van der Waals surface area contributed by atoms with E-state index >= 15 is 0 Å². The first-order valence-corrected chi connectivity index (χ1v) is 8.80. The molecule has 3 aromatic rings. The lowest BCUT2D eigenvalue weighted by molar-refractivity contribution is -0.153. The topological polar surface area (TPSA) is 75.9 Å². The summed E-state index contributed by atoms with van der Waals surface area (Å²) in [5, 5.41) is 12.0. The fourth-order valence-corrected chi connectivity index (χ4v) is 2.72. The Kier molecular flexibility index (Phi) is 5.52. The van der Waals surface area contributed by atoms with Crippen LogP contribution in [0.15, 0.2) is 48.8 Å². The van der Waals surface area contributed by atoms with Crippen molar-refractivity contribution in [3.8, 4) is 16.9 Å². The van der Waals surface area contributed by atoms with E-state index in [4.69, 9.17) is 4.74 Å². The number of carbonyl (C=O) groups excluding carboxylic acids is 1. The zero-order valence-electron chi connectivity index (χ0n) is 15.8. The van der Waals surface area contributed by atoms with Gasteiger partial charge >= 0.3 is 6.18 Å². The van der Waals surface area contributed by atoms with Crippen LogP contribution in [0.2, 0.25) is 0 Å². The molecule has 6 nitrogen and oxygen atoms in total. The van der Waals surface area contributed by atoms with Gasteiger partial charge in [0.25, 0.3) is 5.91 Å². The van der Waals surface area contributed by atoms with Crippen molar-refractivity contribution >= 4 is 11.6 Å². The number of imidazole rings is 1. The third kappa shape index (κ3) is 4.86. The lowest BCUT2D eigenvalue weighted by Crippen LogP contribution is -2.46. The minimum Gasteiger partial charge on any atom is -0.483 e. The minimum absolute atomic E-state index is 0.0633. The molecule has 0 saturated heterocycles. The molecule has 0 radical (unpaired) electrons. The van der Waals surface area contributed by atoms with Gasteiger partial charge in [-0.05, 0) is 32.0 Å². The van der Waals surface area contributed by atoms with Crippen LogP contribution in [0.3, 0.4) is 0 Å². The third-order valence-electron chi connectivity index (χ3n) is 4.13. The van der Waals surface area contributed by atoms with Gasteiger partial charge in [0, 0.05) is 23.5 Å². The van der Waals surface area contributed by atoms with Gasteiger partial charge in [0.1, 0.15) is 17.1 Å². The molecule has 2 aromatic heterocycles. The van der Waals surface area contributed by atoms with Gasteiger partial charge in [0.05, 0.1) is 12.1 Å². The average Bonchev–Trinajstić information content (AvgIpc) is 3.10. The SMILES string of the molecule is CC(C)(CO)NC(=O)c1cn2cccc(-c3ccccc3OCC(F)(F)F)c2n1. The number of alkyl halides is 3. The Morgan fingerprint density at radius 3 is 2.55 bits per heavy atom. The molecule has 3 rings (SSSR count). The highest BCUT2D eigenvalue weighted by Crippen LogP contribution is 2.33. The Bertz CT molecular complexity index is 1030. The van der Waals surface area contributed by atoms with E-state index in [0.717, 1.165) is 0 Å². The second kappa shape index (κ2) is 7.75. The summed E-state index contributed by atoms with van der Waals surface area (Å²) in [5.41, 5.74) is 0.629. The van der Waals surface area contributed by atoms with Crippen LogP contribution in [-0.2, 0) is 0 Å². The molecular formula is C20H20F3N3O3. The van der Waals surface area contributed by atoms with Crippen molar-refractivity contribution in [2.45, 2.75) is 25.6 Å². The average molecular weight is 407 g/mol. The molecule has 0 aliphatic carbocycles. The molecule has 0 bridgehead atoms. The molecule has 0 spiro atoms. The zero-order chi connectivity index (χ0) is 21.2. The van der Waals surface area contributed by atoms with Crippen molar-refractivity contribution in [2.75, 3.05) is 13.2 Å². The summed E-state index contributed by atoms with van der Waals surface area (Å²) in [4.78, 5) is 16.8. The van der Waals surface area contributed by atoms with Gasteiger partial charge in [-0.25, -0.2) is 4.98 Å². The highest BCUT2D eigenvalue weighted by molar-refractivity contribution is 5.94. The minimum atomic E-state index is -4.46. The van der Waals surface area contributed by atoms with Crippen LogP contribution in [0.5, 0.6) is 5.75 Å². The van der Waals surface area contributed by atoms with Gasteiger partial charge in [-0.3, -0.25) is 4.79 Å². The molecular weight excluding hydrogens is 387 g/mol. The van der Waals surface area contributed by atoms with Crippen LogP contribution in [-0.4, -0.2) is 45.3 Å². The summed E-state index contributed by atoms with van der Waals surface area (Å²) in [6.07, 6.45) is -1.27. The predicted octanol–water partition coefficient (Wildman–Crippen LogP) is 3.44. The van der Waals surface area contributed by atoms with Crippen LogP contribution in [0.4, 0.5) is 13.2 Å². The van der Waals surface area contributed by atoms with Crippen molar-refractivity contribution < 1.29 is 27.8 Å². The normalized spacial score (nSPS) is 12.2. The quantitative estimate of drug-likeness (QED) is 0.656. The Morgan fingerprint density at radius 1 is 1.17 bits per heavy atom. The Hall–Kier alpha value is -3.07. The first-order valence-electron chi connectivity index (χ1n) is 8.80. The van der Waals surface area contributed by atoms with E-state index in [9.17, 15) is 23.1 Å². The fraction of sp³-hybridized carbons (Fsp3) is 0.300. The molecule has 0 fully saturated rings. The number of rotatable bonds is 6. The Labute approximate surface area is 164 Å². The van der Waals surface area contributed by atoms with Crippen molar-refractivity contribution in [3.05, 3.63) is 54.5 Å². The van der Waals surface area contributed by atoms with Crippen LogP contribution < -0.4 is 10.1 Å². The largest absolute Gasteiger partial charge is 0.483 e. The number of halogens is 3. The smallest absolute Gasteiger partial charge is 0.422 e. The van der Waals surface area contributed by atoms with Crippen LogP contribution in [0.1, 0.15) is 24.3 Å². The first kappa shape index (κ1) is 20.7. The number of fused-ring (bicyclic) bond motifs is 1. The van der Waals surface area contributed by atoms with Crippen LogP contribution in [0, 0.1) is 0 Å².